The molecule has 0 spiro atoms. The number of hydrogen-bond acceptors (Lipinski definition) is 1. The summed E-state index contributed by atoms with van der Waals surface area (Å²) >= 11 is 7.10. The van der Waals surface area contributed by atoms with E-state index in [9.17, 15) is 0 Å². The van der Waals surface area contributed by atoms with Gasteiger partial charge in [-0.25, -0.2) is 0 Å². The van der Waals surface area contributed by atoms with Gasteiger partial charge in [0.05, 0.1) is 6.61 Å². The lowest BCUT2D eigenvalue weighted by atomic mass is 10.1. The lowest BCUT2D eigenvalue weighted by Gasteiger charge is -2.13. The Kier molecular flexibility index (Phi) is 6.44. The van der Waals surface area contributed by atoms with E-state index in [-0.39, 0.29) is 0 Å². The molecule has 16 heavy (non-hydrogen) atoms. The number of benzene rings is 1. The van der Waals surface area contributed by atoms with E-state index in [4.69, 9.17) is 4.74 Å². The van der Waals surface area contributed by atoms with Crippen molar-refractivity contribution in [3.8, 4) is 5.75 Å². The summed E-state index contributed by atoms with van der Waals surface area (Å²) in [5.74, 6) is 1.62. The van der Waals surface area contributed by atoms with Crippen molar-refractivity contribution in [2.24, 2.45) is 5.92 Å². The van der Waals surface area contributed by atoms with Gasteiger partial charge in [0.25, 0.3) is 0 Å². The second-order valence-corrected chi connectivity index (χ2v) is 6.30. The van der Waals surface area contributed by atoms with Gasteiger partial charge >= 0.3 is 0 Å². The quantitative estimate of drug-likeness (QED) is 0.517. The molecule has 0 aromatic heterocycles. The van der Waals surface area contributed by atoms with E-state index in [1.165, 1.54) is 0 Å². The van der Waals surface area contributed by atoms with E-state index in [0.717, 1.165) is 29.7 Å². The van der Waals surface area contributed by atoms with Crippen LogP contribution in [0, 0.1) is 5.92 Å². The summed E-state index contributed by atoms with van der Waals surface area (Å²) in [7, 11) is 0. The third kappa shape index (κ3) is 5.35. The molecule has 0 N–H and O–H groups in total. The predicted molar refractivity (Wildman–Crippen MR) is 76.4 cm³/mol. The maximum Gasteiger partial charge on any atom is 0.120 e. The molecule has 0 radical (unpaired) electrons. The number of alkyl halides is 1. The SMILES string of the molecule is CC(C)C(Br)CCCOc1cccc(Br)c1. The lowest BCUT2D eigenvalue weighted by Crippen LogP contribution is -2.09. The Morgan fingerprint density at radius 1 is 1.31 bits per heavy atom. The first-order valence-electron chi connectivity index (χ1n) is 5.62. The summed E-state index contributed by atoms with van der Waals surface area (Å²) in [6.07, 6.45) is 2.24. The van der Waals surface area contributed by atoms with Crippen molar-refractivity contribution in [2.45, 2.75) is 31.5 Å². The zero-order valence-electron chi connectivity index (χ0n) is 9.75. The van der Waals surface area contributed by atoms with Gasteiger partial charge in [-0.3, -0.25) is 0 Å². The smallest absolute Gasteiger partial charge is 0.120 e. The summed E-state index contributed by atoms with van der Waals surface area (Å²) in [5, 5.41) is 0. The number of halogens is 2. The molecule has 0 aliphatic carbocycles. The summed E-state index contributed by atoms with van der Waals surface area (Å²) in [6.45, 7) is 5.24. The Bertz CT molecular complexity index is 313. The Labute approximate surface area is 115 Å². The number of rotatable bonds is 6. The Morgan fingerprint density at radius 2 is 2.06 bits per heavy atom. The Balaban J connectivity index is 2.21. The predicted octanol–water partition coefficient (Wildman–Crippen LogP) is 5.03. The van der Waals surface area contributed by atoms with Crippen LogP contribution >= 0.6 is 31.9 Å². The van der Waals surface area contributed by atoms with Gasteiger partial charge in [0, 0.05) is 9.30 Å². The van der Waals surface area contributed by atoms with Gasteiger partial charge in [-0.1, -0.05) is 51.8 Å². The molecule has 1 aromatic carbocycles. The maximum absolute atomic E-state index is 5.67. The van der Waals surface area contributed by atoms with Gasteiger partial charge < -0.3 is 4.74 Å². The van der Waals surface area contributed by atoms with Crippen LogP contribution in [0.2, 0.25) is 0 Å². The summed E-state index contributed by atoms with van der Waals surface area (Å²) in [5.41, 5.74) is 0. The van der Waals surface area contributed by atoms with Gasteiger partial charge in [-0.2, -0.15) is 0 Å². The second kappa shape index (κ2) is 7.33. The van der Waals surface area contributed by atoms with Crippen molar-refractivity contribution in [1.29, 1.82) is 0 Å². The van der Waals surface area contributed by atoms with E-state index < -0.39 is 0 Å². The minimum atomic E-state index is 0.596. The molecular weight excluding hydrogens is 332 g/mol. The summed E-state index contributed by atoms with van der Waals surface area (Å²) < 4.78 is 6.73. The minimum Gasteiger partial charge on any atom is -0.494 e. The van der Waals surface area contributed by atoms with E-state index in [2.05, 4.69) is 45.7 Å². The zero-order chi connectivity index (χ0) is 12.0. The number of ether oxygens (including phenoxy) is 1. The molecule has 1 unspecified atom stereocenters. The molecule has 1 atom stereocenters. The molecule has 1 rings (SSSR count). The Hall–Kier alpha value is -0.0200. The third-order valence-corrected chi connectivity index (χ3v) is 4.42. The van der Waals surface area contributed by atoms with E-state index >= 15 is 0 Å². The molecule has 0 aliphatic rings. The standard InChI is InChI=1S/C13H18Br2O/c1-10(2)13(15)7-4-8-16-12-6-3-5-11(14)9-12/h3,5-6,9-10,13H,4,7-8H2,1-2H3. The molecule has 0 heterocycles. The highest BCUT2D eigenvalue weighted by Crippen LogP contribution is 2.20. The van der Waals surface area contributed by atoms with Crippen molar-refractivity contribution in [1.82, 2.24) is 0 Å². The summed E-state index contributed by atoms with van der Waals surface area (Å²) in [6, 6.07) is 7.97. The average Bonchev–Trinajstić information content (AvgIpc) is 2.24. The molecule has 0 amide bonds. The highest BCUT2D eigenvalue weighted by molar-refractivity contribution is 9.10. The van der Waals surface area contributed by atoms with Crippen LogP contribution in [0.4, 0.5) is 0 Å². The average molecular weight is 350 g/mol. The Morgan fingerprint density at radius 3 is 2.69 bits per heavy atom. The normalized spacial score (nSPS) is 12.8. The van der Waals surface area contributed by atoms with Crippen LogP contribution in [0.1, 0.15) is 26.7 Å². The largest absolute Gasteiger partial charge is 0.494 e. The van der Waals surface area contributed by atoms with Crippen LogP contribution in [-0.2, 0) is 0 Å². The summed E-state index contributed by atoms with van der Waals surface area (Å²) in [4.78, 5) is 0.596. The van der Waals surface area contributed by atoms with E-state index in [1.54, 1.807) is 0 Å². The first kappa shape index (κ1) is 14.0. The van der Waals surface area contributed by atoms with Crippen LogP contribution < -0.4 is 4.74 Å². The molecule has 0 fully saturated rings. The van der Waals surface area contributed by atoms with Gasteiger partial charge in [0.2, 0.25) is 0 Å². The molecule has 1 aromatic rings. The zero-order valence-corrected chi connectivity index (χ0v) is 12.9. The van der Waals surface area contributed by atoms with Crippen molar-refractivity contribution < 1.29 is 4.74 Å². The highest BCUT2D eigenvalue weighted by Gasteiger charge is 2.08. The molecule has 0 bridgehead atoms. The van der Waals surface area contributed by atoms with Crippen molar-refractivity contribution in [3.63, 3.8) is 0 Å². The van der Waals surface area contributed by atoms with Crippen LogP contribution in [0.15, 0.2) is 28.7 Å². The van der Waals surface area contributed by atoms with Crippen molar-refractivity contribution >= 4 is 31.9 Å². The molecule has 0 saturated carbocycles. The van der Waals surface area contributed by atoms with Crippen LogP contribution in [0.5, 0.6) is 5.75 Å². The van der Waals surface area contributed by atoms with Gasteiger partial charge in [-0.15, -0.1) is 0 Å². The topological polar surface area (TPSA) is 9.23 Å². The first-order valence-corrected chi connectivity index (χ1v) is 7.33. The molecule has 90 valence electrons. The fourth-order valence-electron chi connectivity index (χ4n) is 1.36. The molecule has 0 saturated heterocycles. The number of hydrogen-bond donors (Lipinski definition) is 0. The fraction of sp³-hybridized carbons (Fsp3) is 0.538. The lowest BCUT2D eigenvalue weighted by molar-refractivity contribution is 0.303. The molecule has 0 aliphatic heterocycles. The first-order chi connectivity index (χ1) is 7.59. The van der Waals surface area contributed by atoms with Gasteiger partial charge in [0.1, 0.15) is 5.75 Å². The van der Waals surface area contributed by atoms with Crippen molar-refractivity contribution in [2.75, 3.05) is 6.61 Å². The van der Waals surface area contributed by atoms with Gasteiger partial charge in [0.15, 0.2) is 0 Å². The monoisotopic (exact) mass is 348 g/mol. The third-order valence-electron chi connectivity index (χ3n) is 2.41. The minimum absolute atomic E-state index is 0.596. The fourth-order valence-corrected chi connectivity index (χ4v) is 2.06. The van der Waals surface area contributed by atoms with Crippen LogP contribution in [0.25, 0.3) is 0 Å². The van der Waals surface area contributed by atoms with Gasteiger partial charge in [-0.05, 0) is 37.0 Å². The molecule has 3 heteroatoms. The van der Waals surface area contributed by atoms with E-state index in [1.807, 2.05) is 24.3 Å². The highest BCUT2D eigenvalue weighted by atomic mass is 79.9. The van der Waals surface area contributed by atoms with Crippen molar-refractivity contribution in [3.05, 3.63) is 28.7 Å². The maximum atomic E-state index is 5.67. The van der Waals surface area contributed by atoms with Crippen LogP contribution in [0.3, 0.4) is 0 Å². The molecular formula is C13H18Br2O. The van der Waals surface area contributed by atoms with E-state index in [0.29, 0.717) is 10.7 Å². The van der Waals surface area contributed by atoms with Crippen LogP contribution in [-0.4, -0.2) is 11.4 Å². The molecule has 1 nitrogen and oxygen atoms in total. The second-order valence-electron chi connectivity index (χ2n) is 4.21.